The molecule has 0 saturated heterocycles. The van der Waals surface area contributed by atoms with Crippen molar-refractivity contribution in [3.8, 4) is 0 Å². The van der Waals surface area contributed by atoms with Crippen molar-refractivity contribution in [2.75, 3.05) is 25.6 Å². The van der Waals surface area contributed by atoms with Crippen LogP contribution in [-0.4, -0.2) is 41.4 Å². The lowest BCUT2D eigenvalue weighted by Gasteiger charge is -2.11. The van der Waals surface area contributed by atoms with E-state index < -0.39 is 6.10 Å². The fourth-order valence-corrected chi connectivity index (χ4v) is 1.08. The molecule has 78 valence electrons. The molecule has 0 aliphatic rings. The average molecular weight is 218 g/mol. The van der Waals surface area contributed by atoms with Crippen molar-refractivity contribution in [2.24, 2.45) is 0 Å². The van der Waals surface area contributed by atoms with Crippen LogP contribution in [-0.2, 0) is 4.74 Å². The van der Waals surface area contributed by atoms with Crippen LogP contribution in [0.1, 0.15) is 0 Å². The number of nitrogens with one attached hydrogen (secondary N) is 1. The molecule has 5 nitrogen and oxygen atoms in total. The molecule has 0 bridgehead atoms. The molecule has 0 saturated carbocycles. The molecule has 1 atom stereocenters. The Balaban J connectivity index is 2.41. The Labute approximate surface area is 87.1 Å². The van der Waals surface area contributed by atoms with Crippen LogP contribution in [0.15, 0.2) is 12.4 Å². The summed E-state index contributed by atoms with van der Waals surface area (Å²) in [6.45, 7) is 0.594. The van der Waals surface area contributed by atoms with Gasteiger partial charge in [-0.25, -0.2) is 9.97 Å². The van der Waals surface area contributed by atoms with Gasteiger partial charge in [0.15, 0.2) is 11.0 Å². The van der Waals surface area contributed by atoms with E-state index in [1.165, 1.54) is 19.5 Å². The van der Waals surface area contributed by atoms with Gasteiger partial charge in [-0.2, -0.15) is 0 Å². The zero-order valence-corrected chi connectivity index (χ0v) is 8.53. The van der Waals surface area contributed by atoms with Crippen molar-refractivity contribution in [3.63, 3.8) is 0 Å². The summed E-state index contributed by atoms with van der Waals surface area (Å²) in [6.07, 6.45) is 2.44. The van der Waals surface area contributed by atoms with E-state index in [1.807, 2.05) is 0 Å². The highest BCUT2D eigenvalue weighted by atomic mass is 35.5. The molecule has 0 fully saturated rings. The van der Waals surface area contributed by atoms with Gasteiger partial charge in [0, 0.05) is 26.0 Å². The van der Waals surface area contributed by atoms with Crippen LogP contribution in [0.2, 0.25) is 5.15 Å². The van der Waals surface area contributed by atoms with Gasteiger partial charge < -0.3 is 15.2 Å². The maximum Gasteiger partial charge on any atom is 0.171 e. The summed E-state index contributed by atoms with van der Waals surface area (Å²) in [5.41, 5.74) is 0. The molecule has 1 aromatic heterocycles. The Bertz CT molecular complexity index is 285. The first-order valence-corrected chi connectivity index (χ1v) is 4.49. The van der Waals surface area contributed by atoms with Crippen molar-refractivity contribution < 1.29 is 9.84 Å². The second kappa shape index (κ2) is 5.74. The second-order valence-electron chi connectivity index (χ2n) is 2.69. The van der Waals surface area contributed by atoms with Gasteiger partial charge in [0.2, 0.25) is 0 Å². The Morgan fingerprint density at radius 1 is 1.57 bits per heavy atom. The van der Waals surface area contributed by atoms with Crippen molar-refractivity contribution in [3.05, 3.63) is 17.5 Å². The first-order valence-electron chi connectivity index (χ1n) is 4.11. The molecule has 0 aliphatic carbocycles. The van der Waals surface area contributed by atoms with Gasteiger partial charge in [0.1, 0.15) is 0 Å². The van der Waals surface area contributed by atoms with Crippen LogP contribution in [0.4, 0.5) is 5.82 Å². The highest BCUT2D eigenvalue weighted by Crippen LogP contribution is 2.13. The number of aromatic nitrogens is 2. The summed E-state index contributed by atoms with van der Waals surface area (Å²) < 4.78 is 4.76. The number of ether oxygens (including phenoxy) is 1. The topological polar surface area (TPSA) is 67.3 Å². The third-order valence-electron chi connectivity index (χ3n) is 1.52. The maximum atomic E-state index is 9.32. The van der Waals surface area contributed by atoms with Gasteiger partial charge in [0.25, 0.3) is 0 Å². The molecule has 0 aromatic carbocycles. The molecule has 1 rings (SSSR count). The Kier molecular flexibility index (Phi) is 4.58. The van der Waals surface area contributed by atoms with E-state index in [0.29, 0.717) is 12.4 Å². The molecule has 1 heterocycles. The number of hydrogen-bond donors (Lipinski definition) is 2. The van der Waals surface area contributed by atoms with Crippen molar-refractivity contribution >= 4 is 17.4 Å². The lowest BCUT2D eigenvalue weighted by atomic mass is 10.4. The number of aliphatic hydroxyl groups is 1. The lowest BCUT2D eigenvalue weighted by Crippen LogP contribution is -2.24. The molecular weight excluding hydrogens is 206 g/mol. The number of aliphatic hydroxyl groups excluding tert-OH is 1. The molecule has 0 radical (unpaired) electrons. The van der Waals surface area contributed by atoms with Crippen LogP contribution < -0.4 is 5.32 Å². The standard InChI is InChI=1S/C8H12ClN3O2/c1-14-5-6(13)4-12-8-7(9)10-2-3-11-8/h2-3,6,13H,4-5H2,1H3,(H,11,12). The van der Waals surface area contributed by atoms with Gasteiger partial charge in [-0.05, 0) is 0 Å². The number of nitrogens with zero attached hydrogens (tertiary/aromatic N) is 2. The minimum absolute atomic E-state index is 0.269. The van der Waals surface area contributed by atoms with E-state index in [1.54, 1.807) is 0 Å². The molecule has 6 heteroatoms. The minimum atomic E-state index is -0.585. The fraction of sp³-hybridized carbons (Fsp3) is 0.500. The Morgan fingerprint density at radius 2 is 2.29 bits per heavy atom. The Morgan fingerprint density at radius 3 is 2.93 bits per heavy atom. The lowest BCUT2D eigenvalue weighted by molar-refractivity contribution is 0.0727. The molecule has 1 unspecified atom stereocenters. The molecule has 0 aliphatic heterocycles. The summed E-state index contributed by atoms with van der Waals surface area (Å²) >= 11 is 5.74. The number of anilines is 1. The maximum absolute atomic E-state index is 9.32. The predicted molar refractivity (Wildman–Crippen MR) is 53.4 cm³/mol. The van der Waals surface area contributed by atoms with Gasteiger partial charge in [-0.3, -0.25) is 0 Å². The quantitative estimate of drug-likeness (QED) is 0.754. The molecular formula is C8H12ClN3O2. The SMILES string of the molecule is COCC(O)CNc1nccnc1Cl. The first-order chi connectivity index (χ1) is 6.74. The monoisotopic (exact) mass is 217 g/mol. The molecule has 0 spiro atoms. The van der Waals surface area contributed by atoms with Crippen LogP contribution in [0.3, 0.4) is 0 Å². The third-order valence-corrected chi connectivity index (χ3v) is 1.79. The largest absolute Gasteiger partial charge is 0.389 e. The third kappa shape index (κ3) is 3.45. The van der Waals surface area contributed by atoms with Gasteiger partial charge in [-0.15, -0.1) is 0 Å². The van der Waals surface area contributed by atoms with E-state index in [0.717, 1.165) is 0 Å². The van der Waals surface area contributed by atoms with E-state index in [4.69, 9.17) is 16.3 Å². The van der Waals surface area contributed by atoms with Crippen LogP contribution >= 0.6 is 11.6 Å². The summed E-state index contributed by atoms with van der Waals surface area (Å²) in [5, 5.41) is 12.5. The summed E-state index contributed by atoms with van der Waals surface area (Å²) in [5.74, 6) is 0.462. The second-order valence-corrected chi connectivity index (χ2v) is 3.04. The van der Waals surface area contributed by atoms with Crippen molar-refractivity contribution in [1.82, 2.24) is 9.97 Å². The number of rotatable bonds is 5. The highest BCUT2D eigenvalue weighted by molar-refractivity contribution is 6.31. The van der Waals surface area contributed by atoms with Gasteiger partial charge in [-0.1, -0.05) is 11.6 Å². The summed E-state index contributed by atoms with van der Waals surface area (Å²) in [7, 11) is 1.53. The summed E-state index contributed by atoms with van der Waals surface area (Å²) in [6, 6.07) is 0. The molecule has 1 aromatic rings. The first kappa shape index (κ1) is 11.2. The number of methoxy groups -OCH3 is 1. The summed E-state index contributed by atoms with van der Waals surface area (Å²) in [4.78, 5) is 7.78. The van der Waals surface area contributed by atoms with Crippen LogP contribution in [0.25, 0.3) is 0 Å². The minimum Gasteiger partial charge on any atom is -0.389 e. The Hall–Kier alpha value is -0.910. The number of halogens is 1. The average Bonchev–Trinajstić information content (AvgIpc) is 2.17. The normalized spacial score (nSPS) is 12.5. The van der Waals surface area contributed by atoms with E-state index in [-0.39, 0.29) is 11.8 Å². The van der Waals surface area contributed by atoms with E-state index in [9.17, 15) is 5.11 Å². The fourth-order valence-electron chi connectivity index (χ4n) is 0.905. The van der Waals surface area contributed by atoms with Gasteiger partial charge in [0.05, 0.1) is 12.7 Å². The highest BCUT2D eigenvalue weighted by Gasteiger charge is 2.05. The van der Waals surface area contributed by atoms with E-state index in [2.05, 4.69) is 15.3 Å². The van der Waals surface area contributed by atoms with E-state index >= 15 is 0 Å². The molecule has 2 N–H and O–H groups in total. The molecule has 14 heavy (non-hydrogen) atoms. The zero-order valence-electron chi connectivity index (χ0n) is 7.77. The van der Waals surface area contributed by atoms with Crippen LogP contribution in [0, 0.1) is 0 Å². The predicted octanol–water partition coefficient (Wildman–Crippen LogP) is 0.549. The van der Waals surface area contributed by atoms with Crippen molar-refractivity contribution in [1.29, 1.82) is 0 Å². The van der Waals surface area contributed by atoms with Gasteiger partial charge >= 0.3 is 0 Å². The zero-order chi connectivity index (χ0) is 10.4. The smallest absolute Gasteiger partial charge is 0.171 e. The van der Waals surface area contributed by atoms with Crippen LogP contribution in [0.5, 0.6) is 0 Å². The molecule has 0 amide bonds. The number of hydrogen-bond acceptors (Lipinski definition) is 5. The van der Waals surface area contributed by atoms with Crippen molar-refractivity contribution in [2.45, 2.75) is 6.10 Å².